The Morgan fingerprint density at radius 3 is 2.68 bits per heavy atom. The molecule has 172 valence electrons. The summed E-state index contributed by atoms with van der Waals surface area (Å²) in [5, 5.41) is 21.4. The molecular formula is C26H39NO4. The van der Waals surface area contributed by atoms with Gasteiger partial charge < -0.3 is 19.8 Å². The Bertz CT molecular complexity index is 717. The van der Waals surface area contributed by atoms with Crippen LogP contribution in [0.3, 0.4) is 0 Å². The first-order chi connectivity index (χ1) is 15.0. The Labute approximate surface area is 187 Å². The number of carbonyl (C=O) groups is 1. The molecule has 0 aliphatic heterocycles. The van der Waals surface area contributed by atoms with Gasteiger partial charge in [0.15, 0.2) is 0 Å². The minimum Gasteiger partial charge on any atom is -0.494 e. The van der Waals surface area contributed by atoms with Crippen LogP contribution in [0.5, 0.6) is 5.75 Å². The third-order valence-electron chi connectivity index (χ3n) is 6.94. The van der Waals surface area contributed by atoms with Crippen molar-refractivity contribution in [1.82, 2.24) is 4.90 Å². The van der Waals surface area contributed by atoms with Gasteiger partial charge in [0.25, 0.3) is 0 Å². The van der Waals surface area contributed by atoms with Crippen LogP contribution in [0, 0.1) is 17.8 Å². The van der Waals surface area contributed by atoms with E-state index in [1.165, 1.54) is 5.57 Å². The number of benzene rings is 1. The van der Waals surface area contributed by atoms with Crippen molar-refractivity contribution in [1.29, 1.82) is 0 Å². The lowest BCUT2D eigenvalue weighted by atomic mass is 9.83. The van der Waals surface area contributed by atoms with E-state index in [-0.39, 0.29) is 11.8 Å². The molecule has 5 nitrogen and oxygen atoms in total. The molecule has 2 aliphatic carbocycles. The molecule has 1 aromatic rings. The number of unbranched alkanes of at least 4 members (excludes halogenated alkanes) is 2. The molecule has 0 spiro atoms. The third-order valence-corrected chi connectivity index (χ3v) is 6.94. The van der Waals surface area contributed by atoms with Gasteiger partial charge in [0.05, 0.1) is 18.8 Å². The second kappa shape index (κ2) is 11.7. The fourth-order valence-electron chi connectivity index (χ4n) is 5.27. The summed E-state index contributed by atoms with van der Waals surface area (Å²) in [7, 11) is 3.60. The summed E-state index contributed by atoms with van der Waals surface area (Å²) in [4.78, 5) is 13.4. The van der Waals surface area contributed by atoms with Crippen LogP contribution >= 0.6 is 0 Å². The summed E-state index contributed by atoms with van der Waals surface area (Å²) in [6.07, 6.45) is 9.36. The van der Waals surface area contributed by atoms with Crippen molar-refractivity contribution in [3.05, 3.63) is 42.0 Å². The lowest BCUT2D eigenvalue weighted by Crippen LogP contribution is -2.32. The van der Waals surface area contributed by atoms with E-state index in [9.17, 15) is 15.0 Å². The SMILES string of the molecule is CN(C)C(=O)CCCCC1=C[C@H]2C[C@@H](O)[C@H]([C@@H](O)CCCCOc3ccccc3)[C@H]2C1. The lowest BCUT2D eigenvalue weighted by Gasteiger charge is -2.27. The first-order valence-corrected chi connectivity index (χ1v) is 11.9. The Hall–Kier alpha value is -1.85. The first kappa shape index (κ1) is 23.8. The normalized spacial score (nSPS) is 25.7. The van der Waals surface area contributed by atoms with E-state index in [0.717, 1.165) is 50.7 Å². The van der Waals surface area contributed by atoms with Gasteiger partial charge in [-0.2, -0.15) is 0 Å². The molecule has 5 atom stereocenters. The highest BCUT2D eigenvalue weighted by atomic mass is 16.5. The van der Waals surface area contributed by atoms with Crippen LogP contribution in [-0.4, -0.2) is 53.9 Å². The number of hydrogen-bond donors (Lipinski definition) is 2. The van der Waals surface area contributed by atoms with E-state index >= 15 is 0 Å². The number of aliphatic hydroxyl groups is 2. The molecule has 0 saturated heterocycles. The largest absolute Gasteiger partial charge is 0.494 e. The Morgan fingerprint density at radius 1 is 1.16 bits per heavy atom. The van der Waals surface area contributed by atoms with Crippen LogP contribution in [0.25, 0.3) is 0 Å². The zero-order valence-electron chi connectivity index (χ0n) is 19.1. The average molecular weight is 430 g/mol. The van der Waals surface area contributed by atoms with Gasteiger partial charge in [-0.25, -0.2) is 0 Å². The highest BCUT2D eigenvalue weighted by molar-refractivity contribution is 5.75. The molecule has 1 fully saturated rings. The average Bonchev–Trinajstić information content (AvgIpc) is 3.27. The molecule has 0 aromatic heterocycles. The second-order valence-electron chi connectivity index (χ2n) is 9.46. The number of para-hydroxylation sites is 1. The molecule has 0 heterocycles. The highest BCUT2D eigenvalue weighted by Crippen LogP contribution is 2.49. The molecule has 0 bridgehead atoms. The molecule has 1 amide bonds. The fourth-order valence-corrected chi connectivity index (χ4v) is 5.27. The maximum atomic E-state index is 11.7. The van der Waals surface area contributed by atoms with Crippen molar-refractivity contribution in [2.24, 2.45) is 17.8 Å². The highest BCUT2D eigenvalue weighted by Gasteiger charge is 2.47. The predicted molar refractivity (Wildman–Crippen MR) is 123 cm³/mol. The van der Waals surface area contributed by atoms with Gasteiger partial charge in [0.1, 0.15) is 5.75 Å². The number of rotatable bonds is 12. The quantitative estimate of drug-likeness (QED) is 0.386. The van der Waals surface area contributed by atoms with E-state index in [2.05, 4.69) is 6.08 Å². The molecular weight excluding hydrogens is 390 g/mol. The summed E-state index contributed by atoms with van der Waals surface area (Å²) >= 11 is 0. The van der Waals surface area contributed by atoms with Crippen LogP contribution in [0.2, 0.25) is 0 Å². The minimum absolute atomic E-state index is 0.0240. The minimum atomic E-state index is -0.452. The fraction of sp³-hybridized carbons (Fsp3) is 0.654. The van der Waals surface area contributed by atoms with E-state index < -0.39 is 12.2 Å². The van der Waals surface area contributed by atoms with Gasteiger partial charge in [-0.05, 0) is 75.3 Å². The second-order valence-corrected chi connectivity index (χ2v) is 9.46. The summed E-state index contributed by atoms with van der Waals surface area (Å²) in [6.45, 7) is 0.651. The summed E-state index contributed by atoms with van der Waals surface area (Å²) in [5.74, 6) is 1.81. The van der Waals surface area contributed by atoms with Crippen molar-refractivity contribution < 1.29 is 19.7 Å². The van der Waals surface area contributed by atoms with Crippen LogP contribution < -0.4 is 4.74 Å². The van der Waals surface area contributed by atoms with Gasteiger partial charge in [0.2, 0.25) is 5.91 Å². The molecule has 31 heavy (non-hydrogen) atoms. The van der Waals surface area contributed by atoms with Crippen LogP contribution in [-0.2, 0) is 4.79 Å². The van der Waals surface area contributed by atoms with Gasteiger partial charge >= 0.3 is 0 Å². The van der Waals surface area contributed by atoms with Gasteiger partial charge in [-0.3, -0.25) is 4.79 Å². The van der Waals surface area contributed by atoms with E-state index in [1.54, 1.807) is 19.0 Å². The van der Waals surface area contributed by atoms with Crippen molar-refractivity contribution in [3.8, 4) is 5.75 Å². The Morgan fingerprint density at radius 2 is 1.94 bits per heavy atom. The van der Waals surface area contributed by atoms with E-state index in [4.69, 9.17) is 4.74 Å². The molecule has 1 aromatic carbocycles. The molecule has 2 N–H and O–H groups in total. The number of allylic oxidation sites excluding steroid dienone is 2. The van der Waals surface area contributed by atoms with E-state index in [0.29, 0.717) is 31.3 Å². The topological polar surface area (TPSA) is 70.0 Å². The van der Waals surface area contributed by atoms with Crippen molar-refractivity contribution in [2.45, 2.75) is 70.0 Å². The summed E-state index contributed by atoms with van der Waals surface area (Å²) in [5.41, 5.74) is 1.45. The monoisotopic (exact) mass is 429 g/mol. The van der Waals surface area contributed by atoms with Gasteiger partial charge in [0, 0.05) is 26.4 Å². The van der Waals surface area contributed by atoms with Crippen LogP contribution in [0.1, 0.15) is 57.8 Å². The molecule has 0 unspecified atom stereocenters. The number of ether oxygens (including phenoxy) is 1. The van der Waals surface area contributed by atoms with Crippen molar-refractivity contribution in [2.75, 3.05) is 20.7 Å². The van der Waals surface area contributed by atoms with Crippen LogP contribution in [0.15, 0.2) is 42.0 Å². The number of nitrogens with zero attached hydrogens (tertiary/aromatic N) is 1. The Kier molecular flexibility index (Phi) is 8.97. The molecule has 5 heteroatoms. The summed E-state index contributed by atoms with van der Waals surface area (Å²) < 4.78 is 5.73. The Balaban J connectivity index is 1.36. The number of aliphatic hydroxyl groups excluding tert-OH is 2. The maximum absolute atomic E-state index is 11.7. The lowest BCUT2D eigenvalue weighted by molar-refractivity contribution is -0.128. The molecule has 3 rings (SSSR count). The molecule has 1 saturated carbocycles. The van der Waals surface area contributed by atoms with Crippen LogP contribution in [0.4, 0.5) is 0 Å². The maximum Gasteiger partial charge on any atom is 0.222 e. The van der Waals surface area contributed by atoms with Crippen molar-refractivity contribution in [3.63, 3.8) is 0 Å². The number of hydrogen-bond acceptors (Lipinski definition) is 4. The molecule has 0 radical (unpaired) electrons. The smallest absolute Gasteiger partial charge is 0.222 e. The zero-order valence-corrected chi connectivity index (χ0v) is 19.1. The van der Waals surface area contributed by atoms with Gasteiger partial charge in [-0.15, -0.1) is 0 Å². The number of carbonyl (C=O) groups excluding carboxylic acids is 1. The summed E-state index contributed by atoms with van der Waals surface area (Å²) in [6, 6.07) is 9.80. The third kappa shape index (κ3) is 6.81. The molecule has 2 aliphatic rings. The number of amides is 1. The van der Waals surface area contributed by atoms with Crippen molar-refractivity contribution >= 4 is 5.91 Å². The zero-order chi connectivity index (χ0) is 22.2. The number of fused-ring (bicyclic) bond motifs is 1. The van der Waals surface area contributed by atoms with Gasteiger partial charge in [-0.1, -0.05) is 29.8 Å². The van der Waals surface area contributed by atoms with E-state index in [1.807, 2.05) is 30.3 Å². The predicted octanol–water partition coefficient (Wildman–Crippen LogP) is 4.19. The first-order valence-electron chi connectivity index (χ1n) is 11.9. The standard InChI is InChI=1S/C26H39NO4/c1-27(2)25(30)14-7-6-10-19-16-20-18-24(29)26(22(20)17-19)23(28)13-8-9-15-31-21-11-4-3-5-12-21/h3-5,11-12,16,20,22-24,26,28-29H,6-10,13-15,17-18H2,1-2H3/t20-,22-,23-,24+,26-/m0/s1.